The average Bonchev–Trinajstić information content (AvgIpc) is 2.87. The molecule has 318 valence electrons. The van der Waals surface area contributed by atoms with E-state index in [0.717, 1.165) is 0 Å². The van der Waals surface area contributed by atoms with Crippen molar-refractivity contribution in [1.29, 1.82) is 0 Å². The zero-order valence-electron chi connectivity index (χ0n) is 40.1. The molecule has 0 amide bonds. The van der Waals surface area contributed by atoms with Crippen molar-refractivity contribution >= 4 is 43.6 Å². The Balaban J connectivity index is -0.000000697. The number of hydrogen-bond acceptors (Lipinski definition) is 4. The Hall–Kier alpha value is -0.852. The predicted molar refractivity (Wildman–Crippen MR) is 256 cm³/mol. The smallest absolute Gasteiger partial charge is 0.261 e. The van der Waals surface area contributed by atoms with Gasteiger partial charge in [-0.05, 0) is 155 Å². The number of rotatable bonds is 8. The summed E-state index contributed by atoms with van der Waals surface area (Å²) < 4.78 is 24.7. The van der Waals surface area contributed by atoms with Crippen LogP contribution in [0.25, 0.3) is 0 Å². The summed E-state index contributed by atoms with van der Waals surface area (Å²) in [6, 6.07) is 21.6. The van der Waals surface area contributed by atoms with Crippen LogP contribution >= 0.6 is 0 Å². The molecule has 0 saturated carbocycles. The molecule has 0 aliphatic rings. The van der Waals surface area contributed by atoms with E-state index in [4.69, 9.17) is 17.7 Å². The normalized spacial score (nSPS) is 13.5. The van der Waals surface area contributed by atoms with Gasteiger partial charge in [0, 0.05) is 22.4 Å². The second-order valence-corrected chi connectivity index (χ2v) is 40.2. The quantitative estimate of drug-likeness (QED) is 0.249. The van der Waals surface area contributed by atoms with E-state index < -0.39 is 33.3 Å². The highest BCUT2D eigenvalue weighted by Gasteiger charge is 2.52. The third-order valence-corrected chi connectivity index (χ3v) is 21.3. The van der Waals surface area contributed by atoms with Crippen molar-refractivity contribution in [3.8, 4) is 0 Å². The van der Waals surface area contributed by atoms with Crippen LogP contribution < -0.4 is 10.4 Å². The molecule has 0 spiro atoms. The molecule has 0 aliphatic carbocycles. The Kier molecular flexibility index (Phi) is 23.2. The summed E-state index contributed by atoms with van der Waals surface area (Å²) in [6.45, 7) is 57.2. The monoisotopic (exact) mass is 823 g/mol. The predicted octanol–water partition coefficient (Wildman–Crippen LogP) is 14.5. The van der Waals surface area contributed by atoms with Crippen molar-refractivity contribution in [2.45, 2.75) is 223 Å². The first-order chi connectivity index (χ1) is 23.2. The van der Waals surface area contributed by atoms with Crippen molar-refractivity contribution < 1.29 is 17.7 Å². The maximum atomic E-state index is 6.90. The van der Waals surface area contributed by atoms with E-state index in [1.54, 1.807) is 0 Å². The molecule has 0 fully saturated rings. The summed E-state index contributed by atoms with van der Waals surface area (Å²) in [5.41, 5.74) is 1.29. The molecule has 0 aromatic heterocycles. The number of benzene rings is 2. The lowest BCUT2D eigenvalue weighted by atomic mass is 10.2. The van der Waals surface area contributed by atoms with E-state index in [-0.39, 0.29) is 34.9 Å². The summed E-state index contributed by atoms with van der Waals surface area (Å²) in [6.07, 6.45) is 0. The highest BCUT2D eigenvalue weighted by Crippen LogP contribution is 2.39. The Morgan fingerprint density at radius 2 is 0.630 bits per heavy atom. The van der Waals surface area contributed by atoms with E-state index in [9.17, 15) is 0 Å². The second kappa shape index (κ2) is 21.8. The molecule has 0 N–H and O–H groups in total. The van der Waals surface area contributed by atoms with Gasteiger partial charge in [0.1, 0.15) is 0 Å². The molecule has 4 nitrogen and oxygen atoms in total. The van der Waals surface area contributed by atoms with Crippen LogP contribution in [-0.4, -0.2) is 55.7 Å². The fourth-order valence-corrected chi connectivity index (χ4v) is 18.2. The first-order valence-electron chi connectivity index (χ1n) is 20.1. The third-order valence-electron chi connectivity index (χ3n) is 7.92. The summed E-state index contributed by atoms with van der Waals surface area (Å²) >= 11 is 0. The molecule has 0 atom stereocenters. The average molecular weight is 824 g/mol. The fraction of sp³-hybridized carbons (Fsp3) is 0.739. The van der Waals surface area contributed by atoms with E-state index in [1.165, 1.54) is 10.4 Å². The molecular weight excluding hydrogens is 729 g/mol. The van der Waals surface area contributed by atoms with Crippen molar-refractivity contribution in [2.75, 3.05) is 0 Å². The van der Waals surface area contributed by atoms with Gasteiger partial charge in [0.25, 0.3) is 8.32 Å². The lowest BCUT2D eigenvalue weighted by Gasteiger charge is -2.46. The molecule has 2 aromatic carbocycles. The fourth-order valence-electron chi connectivity index (χ4n) is 6.51. The lowest BCUT2D eigenvalue weighted by Crippen LogP contribution is -2.68. The van der Waals surface area contributed by atoms with Gasteiger partial charge in [0.05, 0.1) is 0 Å². The van der Waals surface area contributed by atoms with Gasteiger partial charge in [0.2, 0.25) is 0 Å². The minimum absolute atomic E-state index is 0. The molecule has 0 radical (unpaired) electrons. The summed E-state index contributed by atoms with van der Waals surface area (Å²) in [7, 11) is -6.51. The van der Waals surface area contributed by atoms with Gasteiger partial charge in [-0.2, -0.15) is 0 Å². The summed E-state index contributed by atoms with van der Waals surface area (Å²) in [5, 5.41) is 2.72. The summed E-state index contributed by atoms with van der Waals surface area (Å²) in [4.78, 5) is 0. The Labute approximate surface area is 343 Å². The van der Waals surface area contributed by atoms with Gasteiger partial charge in [-0.1, -0.05) is 117 Å². The largest absolute Gasteiger partial charge is 0.413 e. The van der Waals surface area contributed by atoms with Gasteiger partial charge in [0.15, 0.2) is 25.0 Å². The topological polar surface area (TPSA) is 36.9 Å². The molecule has 0 unspecified atom stereocenters. The Morgan fingerprint density at radius 3 is 0.759 bits per heavy atom. The van der Waals surface area contributed by atoms with Gasteiger partial charge < -0.3 is 17.7 Å². The third kappa shape index (κ3) is 24.7. The molecule has 2 aromatic rings. The van der Waals surface area contributed by atoms with Crippen LogP contribution in [0.5, 0.6) is 0 Å². The van der Waals surface area contributed by atoms with Crippen LogP contribution in [0.1, 0.15) is 139 Å². The molecule has 0 aliphatic heterocycles. The van der Waals surface area contributed by atoms with Gasteiger partial charge in [-0.3, -0.25) is 0 Å². The van der Waals surface area contributed by atoms with E-state index in [1.807, 2.05) is 0 Å². The van der Waals surface area contributed by atoms with Crippen LogP contribution in [0, 0.1) is 0 Å². The summed E-state index contributed by atoms with van der Waals surface area (Å²) in [5.74, 6) is 0. The molecule has 0 saturated heterocycles. The molecule has 54 heavy (non-hydrogen) atoms. The standard InChI is InChI=1S/C20H28OSi.C11H26OSi.2C7H18OSi.CH4/c1-19(2,3)21-22(20(4,5)6,17-13-9-7-10-14-17)18-15-11-8-12-16-18;1-9(2)13(8,10(3)4)12-11(5,6)7;2*1-7(2,3)8-9(4,5)6;/h7-16H,1-6H3;9-10H,1-8H3;2*1-6H3;1H4. The van der Waals surface area contributed by atoms with Crippen molar-refractivity contribution in [3.05, 3.63) is 60.7 Å². The molecule has 8 heteroatoms. The molecular formula is C46H94O4Si4. The first kappa shape index (κ1) is 57.5. The van der Waals surface area contributed by atoms with E-state index in [2.05, 4.69) is 238 Å². The lowest BCUT2D eigenvalue weighted by molar-refractivity contribution is 0.112. The highest BCUT2D eigenvalue weighted by molar-refractivity contribution is 6.99. The number of hydrogen-bond donors (Lipinski definition) is 0. The van der Waals surface area contributed by atoms with Crippen LogP contribution in [0.3, 0.4) is 0 Å². The van der Waals surface area contributed by atoms with Crippen molar-refractivity contribution in [2.24, 2.45) is 0 Å². The zero-order valence-corrected chi connectivity index (χ0v) is 44.1. The van der Waals surface area contributed by atoms with E-state index in [0.29, 0.717) is 11.1 Å². The molecule has 2 rings (SSSR count). The van der Waals surface area contributed by atoms with Crippen LogP contribution in [0.4, 0.5) is 0 Å². The minimum atomic E-state index is -2.38. The minimum Gasteiger partial charge on any atom is -0.413 e. The van der Waals surface area contributed by atoms with E-state index >= 15 is 0 Å². The van der Waals surface area contributed by atoms with Crippen LogP contribution in [-0.2, 0) is 17.7 Å². The Morgan fingerprint density at radius 1 is 0.389 bits per heavy atom. The van der Waals surface area contributed by atoms with Gasteiger partial charge in [-0.25, -0.2) is 0 Å². The maximum absolute atomic E-state index is 6.90. The van der Waals surface area contributed by atoms with Crippen LogP contribution in [0.15, 0.2) is 60.7 Å². The van der Waals surface area contributed by atoms with Gasteiger partial charge in [-0.15, -0.1) is 0 Å². The molecule has 0 bridgehead atoms. The van der Waals surface area contributed by atoms with Crippen molar-refractivity contribution in [1.82, 2.24) is 0 Å². The van der Waals surface area contributed by atoms with Gasteiger partial charge >= 0.3 is 0 Å². The van der Waals surface area contributed by atoms with Crippen molar-refractivity contribution in [3.63, 3.8) is 0 Å². The highest BCUT2D eigenvalue weighted by atomic mass is 28.4. The Bertz CT molecular complexity index is 1160. The second-order valence-electron chi connectivity index (χ2n) is 22.2. The van der Waals surface area contributed by atoms with Crippen LogP contribution in [0.2, 0.25) is 61.9 Å². The molecule has 0 heterocycles. The maximum Gasteiger partial charge on any atom is 0.261 e. The first-order valence-corrected chi connectivity index (χ1v) is 31.4. The SMILES string of the molecule is C.CC(C)(C)O[Si](C)(C)C.CC(C)(C)O[Si](C)(C)C.CC(C)(C)O[Si](c1ccccc1)(c1ccccc1)C(C)(C)C.CC(C)[Si](C)(OC(C)(C)C)C(C)C. The zero-order chi connectivity index (χ0) is 42.7.